The third-order valence-corrected chi connectivity index (χ3v) is 4.49. The maximum absolute atomic E-state index is 12.9. The lowest BCUT2D eigenvalue weighted by molar-refractivity contribution is -0.168. The molecule has 0 aromatic heterocycles. The molecule has 2 amide bonds. The van der Waals surface area contributed by atoms with Gasteiger partial charge in [-0.1, -0.05) is 12.2 Å². The smallest absolute Gasteiger partial charge is 0.256 e. The van der Waals surface area contributed by atoms with Gasteiger partial charge < -0.3 is 15.0 Å². The third-order valence-electron chi connectivity index (χ3n) is 4.49. The molecule has 134 valence electrons. The maximum atomic E-state index is 12.9. The summed E-state index contributed by atoms with van der Waals surface area (Å²) in [5.74, 6) is -0.605. The summed E-state index contributed by atoms with van der Waals surface area (Å²) >= 11 is 0. The van der Waals surface area contributed by atoms with Crippen molar-refractivity contribution in [1.29, 1.82) is 0 Å². The molecule has 7 heteroatoms. The molecule has 1 aromatic carbocycles. The van der Waals surface area contributed by atoms with Crippen LogP contribution in [0, 0.1) is 5.82 Å². The van der Waals surface area contributed by atoms with E-state index >= 15 is 0 Å². The monoisotopic (exact) mass is 347 g/mol. The van der Waals surface area contributed by atoms with Crippen LogP contribution in [0.5, 0.6) is 0 Å². The maximum Gasteiger partial charge on any atom is 0.256 e. The summed E-state index contributed by atoms with van der Waals surface area (Å²) in [5, 5.41) is 2.74. The van der Waals surface area contributed by atoms with Gasteiger partial charge in [-0.2, -0.15) is 0 Å². The zero-order valence-corrected chi connectivity index (χ0v) is 14.2. The van der Waals surface area contributed by atoms with Gasteiger partial charge in [0.2, 0.25) is 5.91 Å². The number of rotatable bonds is 3. The van der Waals surface area contributed by atoms with Gasteiger partial charge in [0.1, 0.15) is 5.82 Å². The van der Waals surface area contributed by atoms with Crippen molar-refractivity contribution in [1.82, 2.24) is 9.80 Å². The molecule has 1 atom stereocenters. The molecule has 1 N–H and O–H groups in total. The van der Waals surface area contributed by atoms with Crippen molar-refractivity contribution in [2.75, 3.05) is 45.2 Å². The van der Waals surface area contributed by atoms with E-state index in [9.17, 15) is 14.0 Å². The van der Waals surface area contributed by atoms with Crippen LogP contribution in [-0.4, -0.2) is 67.0 Å². The van der Waals surface area contributed by atoms with Gasteiger partial charge in [-0.3, -0.25) is 14.5 Å². The second-order valence-electron chi connectivity index (χ2n) is 6.47. The van der Waals surface area contributed by atoms with E-state index in [1.54, 1.807) is 11.9 Å². The lowest BCUT2D eigenvalue weighted by Gasteiger charge is -2.41. The van der Waals surface area contributed by atoms with Crippen molar-refractivity contribution in [3.63, 3.8) is 0 Å². The molecule has 1 saturated heterocycles. The van der Waals surface area contributed by atoms with Crippen LogP contribution in [0.25, 0.3) is 0 Å². The van der Waals surface area contributed by atoms with E-state index in [1.165, 1.54) is 24.3 Å². The number of hydrogen-bond donors (Lipinski definition) is 1. The van der Waals surface area contributed by atoms with Crippen LogP contribution in [0.3, 0.4) is 0 Å². The molecule has 0 bridgehead atoms. The highest BCUT2D eigenvalue weighted by atomic mass is 19.1. The number of nitrogens with one attached hydrogen (secondary N) is 1. The SMILES string of the molecule is CN1CC=CC[C@]2(CN(CC(=O)Nc3ccc(F)cc3)CCO2)C1=O. The molecule has 2 heterocycles. The number of amides is 2. The number of halogens is 1. The predicted molar refractivity (Wildman–Crippen MR) is 91.5 cm³/mol. The van der Waals surface area contributed by atoms with Crippen molar-refractivity contribution >= 4 is 17.5 Å². The largest absolute Gasteiger partial charge is 0.362 e. The lowest BCUT2D eigenvalue weighted by Crippen LogP contribution is -2.60. The number of hydrogen-bond acceptors (Lipinski definition) is 4. The Morgan fingerprint density at radius 1 is 1.32 bits per heavy atom. The van der Waals surface area contributed by atoms with E-state index in [0.717, 1.165) is 0 Å². The number of carbonyl (C=O) groups excluding carboxylic acids is 2. The van der Waals surface area contributed by atoms with Gasteiger partial charge in [-0.05, 0) is 24.3 Å². The normalized spacial score (nSPS) is 24.4. The van der Waals surface area contributed by atoms with Crippen LogP contribution in [0.1, 0.15) is 6.42 Å². The van der Waals surface area contributed by atoms with Crippen LogP contribution >= 0.6 is 0 Å². The summed E-state index contributed by atoms with van der Waals surface area (Å²) in [6.07, 6.45) is 4.42. The molecular formula is C18H22FN3O3. The Bertz CT molecular complexity index is 677. The molecule has 25 heavy (non-hydrogen) atoms. The zero-order valence-electron chi connectivity index (χ0n) is 14.2. The number of ether oxygens (including phenoxy) is 1. The minimum atomic E-state index is -0.920. The summed E-state index contributed by atoms with van der Waals surface area (Å²) in [6.45, 7) is 2.08. The van der Waals surface area contributed by atoms with Crippen LogP contribution in [-0.2, 0) is 14.3 Å². The van der Waals surface area contributed by atoms with Gasteiger partial charge >= 0.3 is 0 Å². The first kappa shape index (κ1) is 17.6. The van der Waals surface area contributed by atoms with Gasteiger partial charge in [-0.15, -0.1) is 0 Å². The summed E-state index contributed by atoms with van der Waals surface area (Å²) in [5.41, 5.74) is -0.376. The number of morpholine rings is 1. The second kappa shape index (κ2) is 7.33. The standard InChI is InChI=1S/C18H22FN3O3/c1-21-9-3-2-8-18(17(21)24)13-22(10-11-25-18)12-16(23)20-15-6-4-14(19)5-7-15/h2-7H,8-13H2,1H3,(H,20,23)/t18-/m0/s1. The molecule has 0 unspecified atom stereocenters. The average molecular weight is 347 g/mol. The molecule has 0 aliphatic carbocycles. The topological polar surface area (TPSA) is 61.9 Å². The fourth-order valence-corrected chi connectivity index (χ4v) is 3.21. The summed E-state index contributed by atoms with van der Waals surface area (Å²) in [4.78, 5) is 28.5. The van der Waals surface area contributed by atoms with E-state index in [1.807, 2.05) is 17.1 Å². The summed E-state index contributed by atoms with van der Waals surface area (Å²) in [7, 11) is 1.75. The van der Waals surface area contributed by atoms with Gasteiger partial charge in [0, 0.05) is 38.8 Å². The molecule has 1 fully saturated rings. The predicted octanol–water partition coefficient (Wildman–Crippen LogP) is 1.25. The molecule has 0 radical (unpaired) electrons. The molecule has 1 spiro atoms. The number of anilines is 1. The Kier molecular flexibility index (Phi) is 5.15. The van der Waals surface area contributed by atoms with Crippen LogP contribution < -0.4 is 5.32 Å². The average Bonchev–Trinajstić information content (AvgIpc) is 2.71. The van der Waals surface area contributed by atoms with Gasteiger partial charge in [0.25, 0.3) is 5.91 Å². The zero-order chi connectivity index (χ0) is 17.9. The minimum absolute atomic E-state index is 0.0545. The first-order chi connectivity index (χ1) is 12.0. The summed E-state index contributed by atoms with van der Waals surface area (Å²) in [6, 6.07) is 5.63. The molecule has 3 rings (SSSR count). The first-order valence-corrected chi connectivity index (χ1v) is 8.31. The van der Waals surface area contributed by atoms with E-state index in [-0.39, 0.29) is 24.2 Å². The van der Waals surface area contributed by atoms with Gasteiger partial charge in [0.15, 0.2) is 5.60 Å². The Morgan fingerprint density at radius 3 is 2.84 bits per heavy atom. The highest BCUT2D eigenvalue weighted by Gasteiger charge is 2.45. The Hall–Kier alpha value is -2.25. The third kappa shape index (κ3) is 4.05. The van der Waals surface area contributed by atoms with Crippen LogP contribution in [0.15, 0.2) is 36.4 Å². The summed E-state index contributed by atoms with van der Waals surface area (Å²) < 4.78 is 18.8. The lowest BCUT2D eigenvalue weighted by atomic mass is 9.95. The van der Waals surface area contributed by atoms with Crippen molar-refractivity contribution in [2.24, 2.45) is 0 Å². The molecular weight excluding hydrogens is 325 g/mol. The van der Waals surface area contributed by atoms with Crippen molar-refractivity contribution < 1.29 is 18.7 Å². The van der Waals surface area contributed by atoms with E-state index < -0.39 is 5.60 Å². The number of carbonyl (C=O) groups is 2. The molecule has 6 nitrogen and oxygen atoms in total. The van der Waals surface area contributed by atoms with Crippen molar-refractivity contribution in [3.05, 3.63) is 42.2 Å². The van der Waals surface area contributed by atoms with E-state index in [0.29, 0.717) is 38.3 Å². The molecule has 2 aliphatic heterocycles. The minimum Gasteiger partial charge on any atom is -0.362 e. The Morgan fingerprint density at radius 2 is 2.08 bits per heavy atom. The highest BCUT2D eigenvalue weighted by Crippen LogP contribution is 2.27. The first-order valence-electron chi connectivity index (χ1n) is 8.31. The number of benzene rings is 1. The molecule has 1 aromatic rings. The van der Waals surface area contributed by atoms with E-state index in [4.69, 9.17) is 4.74 Å². The molecule has 0 saturated carbocycles. The quantitative estimate of drug-likeness (QED) is 0.836. The van der Waals surface area contributed by atoms with Crippen molar-refractivity contribution in [3.8, 4) is 0 Å². The fraction of sp³-hybridized carbons (Fsp3) is 0.444. The fourth-order valence-electron chi connectivity index (χ4n) is 3.21. The highest BCUT2D eigenvalue weighted by molar-refractivity contribution is 5.92. The van der Waals surface area contributed by atoms with Gasteiger partial charge in [0.05, 0.1) is 13.2 Å². The Labute approximate surface area is 146 Å². The Balaban J connectivity index is 1.63. The van der Waals surface area contributed by atoms with E-state index in [2.05, 4.69) is 5.32 Å². The number of nitrogens with zero attached hydrogens (tertiary/aromatic N) is 2. The molecule has 2 aliphatic rings. The second-order valence-corrected chi connectivity index (χ2v) is 6.47. The van der Waals surface area contributed by atoms with Crippen LogP contribution in [0.4, 0.5) is 10.1 Å². The van der Waals surface area contributed by atoms with Crippen molar-refractivity contribution in [2.45, 2.75) is 12.0 Å². The van der Waals surface area contributed by atoms with Gasteiger partial charge in [-0.25, -0.2) is 4.39 Å². The number of likely N-dealkylation sites (N-methyl/N-ethyl adjacent to an activating group) is 1. The van der Waals surface area contributed by atoms with Crippen LogP contribution in [0.2, 0.25) is 0 Å².